The first-order valence-corrected chi connectivity index (χ1v) is 7.07. The molecule has 0 aromatic heterocycles. The smallest absolute Gasteiger partial charge is 0.387 e. The molecule has 0 unspecified atom stereocenters. The van der Waals surface area contributed by atoms with Gasteiger partial charge in [-0.25, -0.2) is 0 Å². The van der Waals surface area contributed by atoms with Crippen molar-refractivity contribution in [1.82, 2.24) is 0 Å². The van der Waals surface area contributed by atoms with E-state index in [0.29, 0.717) is 5.75 Å². The summed E-state index contributed by atoms with van der Waals surface area (Å²) in [6.07, 6.45) is 0. The number of hydrogen-bond acceptors (Lipinski definition) is 3. The van der Waals surface area contributed by atoms with Crippen LogP contribution in [0.2, 0.25) is 0 Å². The van der Waals surface area contributed by atoms with Crippen molar-refractivity contribution in [1.29, 1.82) is 0 Å². The summed E-state index contributed by atoms with van der Waals surface area (Å²) in [6.45, 7) is -0.866. The number of nitrogen functional groups attached to an aromatic ring is 1. The molecule has 2 N–H and O–H groups in total. The molecule has 0 atom stereocenters. The lowest BCUT2D eigenvalue weighted by Crippen LogP contribution is -2.03. The van der Waals surface area contributed by atoms with Gasteiger partial charge in [0, 0.05) is 21.9 Å². The monoisotopic (exact) mass is 295 g/mol. The predicted molar refractivity (Wildman–Crippen MR) is 78.2 cm³/mol. The van der Waals surface area contributed by atoms with E-state index >= 15 is 0 Å². The summed E-state index contributed by atoms with van der Waals surface area (Å²) in [5, 5.41) is 0. The van der Waals surface area contributed by atoms with Gasteiger partial charge in [-0.15, -0.1) is 11.8 Å². The molecule has 2 nitrogen and oxygen atoms in total. The van der Waals surface area contributed by atoms with Gasteiger partial charge in [-0.2, -0.15) is 8.78 Å². The van der Waals surface area contributed by atoms with Crippen molar-refractivity contribution in [3.63, 3.8) is 0 Å². The number of thioether (sulfide) groups is 1. The van der Waals surface area contributed by atoms with Gasteiger partial charge in [0.15, 0.2) is 0 Å². The topological polar surface area (TPSA) is 35.2 Å². The van der Waals surface area contributed by atoms with Crippen LogP contribution in [0.3, 0.4) is 0 Å². The standard InChI is InChI=1S/C15H15F2NOS/c1-10-12(18)6-4-8-14(10)20-9-11-5-2-3-7-13(11)19-15(16)17/h2-8,15H,9,18H2,1H3. The Balaban J connectivity index is 2.13. The summed E-state index contributed by atoms with van der Waals surface area (Å²) in [4.78, 5) is 1.04. The summed E-state index contributed by atoms with van der Waals surface area (Å²) in [5.41, 5.74) is 8.32. The third-order valence-corrected chi connectivity index (χ3v) is 4.11. The Labute approximate surface area is 120 Å². The van der Waals surface area contributed by atoms with E-state index in [2.05, 4.69) is 4.74 Å². The van der Waals surface area contributed by atoms with Crippen LogP contribution in [0.15, 0.2) is 47.4 Å². The molecule has 0 heterocycles. The Kier molecular flexibility index (Phi) is 4.84. The van der Waals surface area contributed by atoms with Crippen molar-refractivity contribution in [2.24, 2.45) is 0 Å². The molecule has 2 rings (SSSR count). The molecule has 2 aromatic carbocycles. The third-order valence-electron chi connectivity index (χ3n) is 2.90. The Morgan fingerprint density at radius 2 is 1.90 bits per heavy atom. The van der Waals surface area contributed by atoms with E-state index in [9.17, 15) is 8.78 Å². The van der Waals surface area contributed by atoms with Gasteiger partial charge in [0.05, 0.1) is 0 Å². The lowest BCUT2D eigenvalue weighted by Gasteiger charge is -2.11. The van der Waals surface area contributed by atoms with Crippen LogP contribution in [-0.2, 0) is 5.75 Å². The fraction of sp³-hybridized carbons (Fsp3) is 0.200. The van der Waals surface area contributed by atoms with E-state index in [1.54, 1.807) is 36.0 Å². The summed E-state index contributed by atoms with van der Waals surface area (Å²) in [7, 11) is 0. The fourth-order valence-corrected chi connectivity index (χ4v) is 2.84. The third kappa shape index (κ3) is 3.63. The van der Waals surface area contributed by atoms with Gasteiger partial charge in [-0.05, 0) is 30.7 Å². The van der Waals surface area contributed by atoms with Gasteiger partial charge in [0.25, 0.3) is 0 Å². The van der Waals surface area contributed by atoms with Crippen LogP contribution in [-0.4, -0.2) is 6.61 Å². The van der Waals surface area contributed by atoms with Crippen molar-refractivity contribution < 1.29 is 13.5 Å². The Morgan fingerprint density at radius 1 is 1.15 bits per heavy atom. The second kappa shape index (κ2) is 6.61. The molecule has 5 heteroatoms. The second-order valence-electron chi connectivity index (χ2n) is 4.25. The van der Waals surface area contributed by atoms with Crippen LogP contribution < -0.4 is 10.5 Å². The molecule has 0 radical (unpaired) electrons. The van der Waals surface area contributed by atoms with Crippen LogP contribution >= 0.6 is 11.8 Å². The summed E-state index contributed by atoms with van der Waals surface area (Å²) < 4.78 is 29.2. The van der Waals surface area contributed by atoms with E-state index in [1.807, 2.05) is 25.1 Å². The Morgan fingerprint density at radius 3 is 2.65 bits per heavy atom. The molecule has 0 saturated carbocycles. The zero-order valence-electron chi connectivity index (χ0n) is 11.0. The Bertz CT molecular complexity index is 590. The van der Waals surface area contributed by atoms with Gasteiger partial charge in [-0.1, -0.05) is 24.3 Å². The van der Waals surface area contributed by atoms with Crippen LogP contribution in [0, 0.1) is 6.92 Å². The number of alkyl halides is 2. The summed E-state index contributed by atoms with van der Waals surface area (Å²) >= 11 is 1.55. The lowest BCUT2D eigenvalue weighted by molar-refractivity contribution is -0.0503. The molecular weight excluding hydrogens is 280 g/mol. The van der Waals surface area contributed by atoms with Crippen molar-refractivity contribution >= 4 is 17.4 Å². The molecule has 0 bridgehead atoms. The molecule has 106 valence electrons. The van der Waals surface area contributed by atoms with Gasteiger partial charge < -0.3 is 10.5 Å². The van der Waals surface area contributed by atoms with Crippen LogP contribution in [0.4, 0.5) is 14.5 Å². The molecule has 0 fully saturated rings. The van der Waals surface area contributed by atoms with E-state index < -0.39 is 6.61 Å². The second-order valence-corrected chi connectivity index (χ2v) is 5.26. The van der Waals surface area contributed by atoms with E-state index in [4.69, 9.17) is 5.73 Å². The normalized spacial score (nSPS) is 10.8. The van der Waals surface area contributed by atoms with Crippen LogP contribution in [0.1, 0.15) is 11.1 Å². The first kappa shape index (κ1) is 14.7. The van der Waals surface area contributed by atoms with Crippen LogP contribution in [0.25, 0.3) is 0 Å². The Hall–Kier alpha value is -1.75. The van der Waals surface area contributed by atoms with Crippen LogP contribution in [0.5, 0.6) is 5.75 Å². The maximum atomic E-state index is 12.3. The number of halogens is 2. The maximum absolute atomic E-state index is 12.3. The SMILES string of the molecule is Cc1c(N)cccc1SCc1ccccc1OC(F)F. The number of anilines is 1. The number of ether oxygens (including phenoxy) is 1. The van der Waals surface area contributed by atoms with Crippen molar-refractivity contribution in [2.75, 3.05) is 5.73 Å². The lowest BCUT2D eigenvalue weighted by atomic mass is 10.2. The average Bonchev–Trinajstić information content (AvgIpc) is 2.41. The van der Waals surface area contributed by atoms with Crippen molar-refractivity contribution in [3.05, 3.63) is 53.6 Å². The largest absolute Gasteiger partial charge is 0.435 e. The molecule has 0 spiro atoms. The molecule has 0 saturated heterocycles. The minimum atomic E-state index is -2.81. The quantitative estimate of drug-likeness (QED) is 0.653. The minimum Gasteiger partial charge on any atom is -0.435 e. The maximum Gasteiger partial charge on any atom is 0.387 e. The number of hydrogen-bond donors (Lipinski definition) is 1. The molecule has 0 aliphatic heterocycles. The summed E-state index contributed by atoms with van der Waals surface area (Å²) in [6, 6.07) is 12.5. The zero-order chi connectivity index (χ0) is 14.5. The average molecular weight is 295 g/mol. The molecule has 0 amide bonds. The molecule has 0 aliphatic carbocycles. The first-order chi connectivity index (χ1) is 9.58. The predicted octanol–water partition coefficient (Wildman–Crippen LogP) is 4.47. The number of benzene rings is 2. The minimum absolute atomic E-state index is 0.219. The van der Waals surface area contributed by atoms with E-state index in [0.717, 1.165) is 21.7 Å². The van der Waals surface area contributed by atoms with Gasteiger partial charge in [0.1, 0.15) is 5.75 Å². The number of para-hydroxylation sites is 1. The van der Waals surface area contributed by atoms with Crippen molar-refractivity contribution in [3.8, 4) is 5.75 Å². The van der Waals surface area contributed by atoms with E-state index in [-0.39, 0.29) is 5.75 Å². The first-order valence-electron chi connectivity index (χ1n) is 6.08. The highest BCUT2D eigenvalue weighted by atomic mass is 32.2. The molecular formula is C15H15F2NOS. The van der Waals surface area contributed by atoms with Gasteiger partial charge >= 0.3 is 6.61 Å². The van der Waals surface area contributed by atoms with Gasteiger partial charge in [0.2, 0.25) is 0 Å². The van der Waals surface area contributed by atoms with Gasteiger partial charge in [-0.3, -0.25) is 0 Å². The summed E-state index contributed by atoms with van der Waals surface area (Å²) in [5.74, 6) is 0.768. The molecule has 20 heavy (non-hydrogen) atoms. The molecule has 2 aromatic rings. The highest BCUT2D eigenvalue weighted by Crippen LogP contribution is 2.32. The highest BCUT2D eigenvalue weighted by molar-refractivity contribution is 7.98. The number of rotatable bonds is 5. The van der Waals surface area contributed by atoms with E-state index in [1.165, 1.54) is 0 Å². The number of nitrogens with two attached hydrogens (primary N) is 1. The highest BCUT2D eigenvalue weighted by Gasteiger charge is 2.10. The molecule has 0 aliphatic rings. The fourth-order valence-electron chi connectivity index (χ4n) is 1.78. The van der Waals surface area contributed by atoms with Crippen molar-refractivity contribution in [2.45, 2.75) is 24.2 Å². The zero-order valence-corrected chi connectivity index (χ0v) is 11.8.